The molecule has 4 rings (SSSR count). The van der Waals surface area contributed by atoms with Crippen LogP contribution in [0.5, 0.6) is 5.75 Å². The summed E-state index contributed by atoms with van der Waals surface area (Å²) in [4.78, 5) is 17.0. The van der Waals surface area contributed by atoms with E-state index in [1.165, 1.54) is 13.2 Å². The Morgan fingerprint density at radius 2 is 1.94 bits per heavy atom. The molecule has 5 nitrogen and oxygen atoms in total. The van der Waals surface area contributed by atoms with Crippen molar-refractivity contribution in [1.82, 2.24) is 4.98 Å². The molecule has 156 valence electrons. The van der Waals surface area contributed by atoms with Crippen molar-refractivity contribution in [3.63, 3.8) is 0 Å². The number of rotatable bonds is 5. The third-order valence-corrected chi connectivity index (χ3v) is 5.19. The first kappa shape index (κ1) is 21.0. The summed E-state index contributed by atoms with van der Waals surface area (Å²) in [6.45, 7) is 2.00. The molecule has 31 heavy (non-hydrogen) atoms. The standard InChI is InChI=1S/C24H18Cl2N2O3/c1-14-5-3-4-6-18(14)24-28-20-13-17(8-9-21(20)31-24)27-22(29)10-7-15-11-16(25)12-19(26)23(15)30-2/h3-13H,1-2H3,(H,27,29). The molecule has 7 heteroatoms. The summed E-state index contributed by atoms with van der Waals surface area (Å²) < 4.78 is 11.2. The molecule has 0 saturated carbocycles. The fourth-order valence-electron chi connectivity index (χ4n) is 3.20. The van der Waals surface area contributed by atoms with Crippen molar-refractivity contribution >= 4 is 52.0 Å². The van der Waals surface area contributed by atoms with Crippen LogP contribution in [0.15, 0.2) is 65.1 Å². The van der Waals surface area contributed by atoms with Crippen molar-refractivity contribution in [2.24, 2.45) is 0 Å². The van der Waals surface area contributed by atoms with Gasteiger partial charge in [0.1, 0.15) is 11.3 Å². The van der Waals surface area contributed by atoms with Crippen LogP contribution >= 0.6 is 23.2 Å². The van der Waals surface area contributed by atoms with Crippen molar-refractivity contribution in [3.05, 3.63) is 81.8 Å². The van der Waals surface area contributed by atoms with E-state index in [1.54, 1.807) is 36.4 Å². The number of nitrogens with zero attached hydrogens (tertiary/aromatic N) is 1. The molecule has 1 heterocycles. The highest BCUT2D eigenvalue weighted by Gasteiger charge is 2.12. The number of amides is 1. The first-order valence-corrected chi connectivity index (χ1v) is 10.2. The second-order valence-electron chi connectivity index (χ2n) is 6.85. The second kappa shape index (κ2) is 8.84. The number of anilines is 1. The Labute approximate surface area is 189 Å². The molecule has 0 aliphatic heterocycles. The number of benzene rings is 3. The van der Waals surface area contributed by atoms with Gasteiger partial charge in [-0.05, 0) is 55.0 Å². The Kier molecular flexibility index (Phi) is 5.98. The van der Waals surface area contributed by atoms with Gasteiger partial charge in [-0.2, -0.15) is 0 Å². The van der Waals surface area contributed by atoms with Gasteiger partial charge in [-0.1, -0.05) is 41.4 Å². The number of halogens is 2. The van der Waals surface area contributed by atoms with Crippen molar-refractivity contribution in [3.8, 4) is 17.2 Å². The van der Waals surface area contributed by atoms with Crippen LogP contribution in [0, 0.1) is 6.92 Å². The normalized spacial score (nSPS) is 11.2. The number of oxazole rings is 1. The molecule has 3 aromatic carbocycles. The Morgan fingerprint density at radius 3 is 2.71 bits per heavy atom. The highest BCUT2D eigenvalue weighted by Crippen LogP contribution is 2.33. The van der Waals surface area contributed by atoms with Crippen molar-refractivity contribution < 1.29 is 13.9 Å². The fraction of sp³-hybridized carbons (Fsp3) is 0.0833. The van der Waals surface area contributed by atoms with Crippen LogP contribution in [0.1, 0.15) is 11.1 Å². The largest absolute Gasteiger partial charge is 0.495 e. The van der Waals surface area contributed by atoms with E-state index in [2.05, 4.69) is 10.3 Å². The van der Waals surface area contributed by atoms with E-state index < -0.39 is 0 Å². The van der Waals surface area contributed by atoms with Crippen molar-refractivity contribution in [2.45, 2.75) is 6.92 Å². The first-order chi connectivity index (χ1) is 14.9. The van der Waals surface area contributed by atoms with Gasteiger partial charge in [0.05, 0.1) is 12.1 Å². The average Bonchev–Trinajstić information content (AvgIpc) is 3.15. The summed E-state index contributed by atoms with van der Waals surface area (Å²) >= 11 is 12.2. The van der Waals surface area contributed by atoms with Crippen LogP contribution in [0.25, 0.3) is 28.6 Å². The van der Waals surface area contributed by atoms with E-state index >= 15 is 0 Å². The molecule has 0 aliphatic rings. The maximum atomic E-state index is 12.4. The van der Waals surface area contributed by atoms with E-state index in [-0.39, 0.29) is 5.91 Å². The summed E-state index contributed by atoms with van der Waals surface area (Å²) in [7, 11) is 1.50. The quantitative estimate of drug-likeness (QED) is 0.339. The zero-order chi connectivity index (χ0) is 22.0. The third kappa shape index (κ3) is 4.58. The van der Waals surface area contributed by atoms with E-state index in [9.17, 15) is 4.79 Å². The zero-order valence-electron chi connectivity index (χ0n) is 16.8. The third-order valence-electron chi connectivity index (χ3n) is 4.69. The molecular weight excluding hydrogens is 435 g/mol. The molecule has 4 aromatic rings. The SMILES string of the molecule is COc1c(Cl)cc(Cl)cc1C=CC(=O)Nc1ccc2oc(-c3ccccc3C)nc2c1. The molecule has 0 atom stereocenters. The fourth-order valence-corrected chi connectivity index (χ4v) is 3.79. The minimum Gasteiger partial charge on any atom is -0.495 e. The van der Waals surface area contributed by atoms with Crippen LogP contribution in [-0.4, -0.2) is 18.0 Å². The lowest BCUT2D eigenvalue weighted by Gasteiger charge is -2.08. The number of aryl methyl sites for hydroxylation is 1. The van der Waals surface area contributed by atoms with Gasteiger partial charge in [0, 0.05) is 27.9 Å². The van der Waals surface area contributed by atoms with E-state index in [4.69, 9.17) is 32.4 Å². The number of fused-ring (bicyclic) bond motifs is 1. The van der Waals surface area contributed by atoms with Gasteiger partial charge in [0.25, 0.3) is 0 Å². The second-order valence-corrected chi connectivity index (χ2v) is 7.69. The van der Waals surface area contributed by atoms with E-state index in [0.717, 1.165) is 11.1 Å². The maximum absolute atomic E-state index is 12.4. The number of ether oxygens (including phenoxy) is 1. The van der Waals surface area contributed by atoms with Gasteiger partial charge in [-0.25, -0.2) is 4.98 Å². The van der Waals surface area contributed by atoms with Gasteiger partial charge < -0.3 is 14.5 Å². The molecule has 0 bridgehead atoms. The number of carbonyl (C=O) groups excluding carboxylic acids is 1. The van der Waals surface area contributed by atoms with E-state index in [0.29, 0.717) is 44.0 Å². The molecule has 1 amide bonds. The van der Waals surface area contributed by atoms with Crippen LogP contribution in [0.3, 0.4) is 0 Å². The smallest absolute Gasteiger partial charge is 0.248 e. The number of hydrogen-bond acceptors (Lipinski definition) is 4. The summed E-state index contributed by atoms with van der Waals surface area (Å²) in [5.74, 6) is 0.671. The number of hydrogen-bond donors (Lipinski definition) is 1. The lowest BCUT2D eigenvalue weighted by Crippen LogP contribution is -2.07. The summed E-state index contributed by atoms with van der Waals surface area (Å²) in [5.41, 5.74) is 4.51. The lowest BCUT2D eigenvalue weighted by molar-refractivity contribution is -0.111. The summed E-state index contributed by atoms with van der Waals surface area (Å²) in [5, 5.41) is 3.64. The van der Waals surface area contributed by atoms with Crippen molar-refractivity contribution in [1.29, 1.82) is 0 Å². The Hall–Kier alpha value is -3.28. The van der Waals surface area contributed by atoms with Gasteiger partial charge >= 0.3 is 0 Å². The zero-order valence-corrected chi connectivity index (χ0v) is 18.3. The van der Waals surface area contributed by atoms with Gasteiger partial charge in [0.15, 0.2) is 5.58 Å². The minimum atomic E-state index is -0.319. The molecule has 0 aliphatic carbocycles. The predicted molar refractivity (Wildman–Crippen MR) is 125 cm³/mol. The summed E-state index contributed by atoms with van der Waals surface area (Å²) in [6, 6.07) is 16.4. The van der Waals surface area contributed by atoms with Crippen LogP contribution in [0.2, 0.25) is 10.0 Å². The molecular formula is C24H18Cl2N2O3. The molecule has 0 fully saturated rings. The summed E-state index contributed by atoms with van der Waals surface area (Å²) in [6.07, 6.45) is 2.98. The molecule has 0 saturated heterocycles. The lowest BCUT2D eigenvalue weighted by atomic mass is 10.1. The maximum Gasteiger partial charge on any atom is 0.248 e. The van der Waals surface area contributed by atoms with Crippen LogP contribution in [0.4, 0.5) is 5.69 Å². The number of carbonyl (C=O) groups is 1. The minimum absolute atomic E-state index is 0.319. The topological polar surface area (TPSA) is 64.4 Å². The Morgan fingerprint density at radius 1 is 1.13 bits per heavy atom. The molecule has 0 spiro atoms. The van der Waals surface area contributed by atoms with Crippen molar-refractivity contribution in [2.75, 3.05) is 12.4 Å². The average molecular weight is 453 g/mol. The number of nitrogens with one attached hydrogen (secondary N) is 1. The van der Waals surface area contributed by atoms with Crippen LogP contribution in [-0.2, 0) is 4.79 Å². The molecule has 0 unspecified atom stereocenters. The molecule has 0 radical (unpaired) electrons. The Balaban J connectivity index is 1.54. The number of methoxy groups -OCH3 is 1. The van der Waals surface area contributed by atoms with Gasteiger partial charge in [-0.15, -0.1) is 0 Å². The first-order valence-electron chi connectivity index (χ1n) is 9.43. The highest BCUT2D eigenvalue weighted by molar-refractivity contribution is 6.36. The molecule has 1 N–H and O–H groups in total. The highest BCUT2D eigenvalue weighted by atomic mass is 35.5. The van der Waals surface area contributed by atoms with Gasteiger partial charge in [0.2, 0.25) is 11.8 Å². The Bertz CT molecular complexity index is 1310. The molecule has 1 aromatic heterocycles. The number of aromatic nitrogens is 1. The predicted octanol–water partition coefficient (Wildman–Crippen LogP) is 6.77. The van der Waals surface area contributed by atoms with Gasteiger partial charge in [-0.3, -0.25) is 4.79 Å². The van der Waals surface area contributed by atoms with E-state index in [1.807, 2.05) is 31.2 Å². The monoisotopic (exact) mass is 452 g/mol. The van der Waals surface area contributed by atoms with Crippen LogP contribution < -0.4 is 10.1 Å².